The second-order valence-corrected chi connectivity index (χ2v) is 9.42. The van der Waals surface area contributed by atoms with E-state index in [1.54, 1.807) is 40.7 Å². The van der Waals surface area contributed by atoms with Crippen LogP contribution in [0.2, 0.25) is 5.02 Å². The second kappa shape index (κ2) is 9.73. The summed E-state index contributed by atoms with van der Waals surface area (Å²) in [7, 11) is 0. The SMILES string of the molecule is Cc1c(C)c2cc(Cl)c(OC(=O)[C@@H](CCC(C)C)NC(=O)OC(C)(C)C)cc2oc1=O. The van der Waals surface area contributed by atoms with Crippen LogP contribution in [0.5, 0.6) is 5.75 Å². The molecule has 170 valence electrons. The van der Waals surface area contributed by atoms with Gasteiger partial charge in [0.1, 0.15) is 17.2 Å². The number of halogens is 1. The van der Waals surface area contributed by atoms with E-state index < -0.39 is 29.3 Å². The molecule has 1 heterocycles. The molecule has 0 unspecified atom stereocenters. The number of fused-ring (bicyclic) bond motifs is 1. The van der Waals surface area contributed by atoms with Gasteiger partial charge in [-0.1, -0.05) is 25.4 Å². The van der Waals surface area contributed by atoms with Crippen LogP contribution in [-0.2, 0) is 9.53 Å². The third kappa shape index (κ3) is 6.72. The van der Waals surface area contributed by atoms with Crippen LogP contribution in [0, 0.1) is 19.8 Å². The lowest BCUT2D eigenvalue weighted by atomic mass is 10.0. The number of rotatable bonds is 6. The maximum absolute atomic E-state index is 12.9. The van der Waals surface area contributed by atoms with E-state index >= 15 is 0 Å². The third-order valence-corrected chi connectivity index (χ3v) is 5.02. The number of hydrogen-bond acceptors (Lipinski definition) is 6. The first-order chi connectivity index (χ1) is 14.3. The number of nitrogens with one attached hydrogen (secondary N) is 1. The first kappa shape index (κ1) is 24.7. The Morgan fingerprint density at radius 1 is 1.13 bits per heavy atom. The second-order valence-electron chi connectivity index (χ2n) is 9.01. The largest absolute Gasteiger partial charge is 0.444 e. The van der Waals surface area contributed by atoms with Gasteiger partial charge in [-0.15, -0.1) is 0 Å². The Bertz CT molecular complexity index is 1040. The zero-order chi connectivity index (χ0) is 23.5. The van der Waals surface area contributed by atoms with Crippen molar-refractivity contribution < 1.29 is 23.5 Å². The fourth-order valence-electron chi connectivity index (χ4n) is 2.90. The normalized spacial score (nSPS) is 12.7. The lowest BCUT2D eigenvalue weighted by Gasteiger charge is -2.23. The molecule has 0 saturated heterocycles. The molecule has 0 aliphatic heterocycles. The quantitative estimate of drug-likeness (QED) is 0.364. The van der Waals surface area contributed by atoms with Gasteiger partial charge in [0.05, 0.1) is 5.02 Å². The molecule has 0 aliphatic carbocycles. The maximum atomic E-state index is 12.9. The molecule has 0 bridgehead atoms. The number of carbonyl (C=O) groups is 2. The molecule has 31 heavy (non-hydrogen) atoms. The minimum absolute atomic E-state index is 0.0473. The predicted octanol–water partition coefficient (Wildman–Crippen LogP) is 5.30. The van der Waals surface area contributed by atoms with Gasteiger partial charge in [-0.2, -0.15) is 0 Å². The Balaban J connectivity index is 2.29. The van der Waals surface area contributed by atoms with Crippen molar-refractivity contribution in [1.82, 2.24) is 5.32 Å². The molecule has 1 atom stereocenters. The molecule has 0 fully saturated rings. The first-order valence-corrected chi connectivity index (χ1v) is 10.6. The standard InChI is InChI=1S/C23H30ClNO6/c1-12(2)8-9-17(25-22(28)31-23(5,6)7)21(27)30-19-11-18-15(10-16(19)24)13(3)14(4)20(26)29-18/h10-12,17H,8-9H2,1-7H3,(H,25,28)/t17-/m1/s1. The Morgan fingerprint density at radius 3 is 2.35 bits per heavy atom. The summed E-state index contributed by atoms with van der Waals surface area (Å²) in [6, 6.07) is 2.08. The summed E-state index contributed by atoms with van der Waals surface area (Å²) < 4.78 is 16.1. The molecular weight excluding hydrogens is 422 g/mol. The van der Waals surface area contributed by atoms with Crippen molar-refractivity contribution in [3.05, 3.63) is 38.7 Å². The summed E-state index contributed by atoms with van der Waals surface area (Å²) in [4.78, 5) is 37.1. The summed E-state index contributed by atoms with van der Waals surface area (Å²) in [5.41, 5.74) is 0.326. The van der Waals surface area contributed by atoms with Gasteiger partial charge in [-0.3, -0.25) is 0 Å². The minimum Gasteiger partial charge on any atom is -0.444 e. The maximum Gasteiger partial charge on any atom is 0.408 e. The zero-order valence-corrected chi connectivity index (χ0v) is 19.8. The smallest absolute Gasteiger partial charge is 0.408 e. The van der Waals surface area contributed by atoms with Crippen LogP contribution >= 0.6 is 11.6 Å². The van der Waals surface area contributed by atoms with Crippen LogP contribution in [0.25, 0.3) is 11.0 Å². The number of alkyl carbamates (subject to hydrolysis) is 1. The summed E-state index contributed by atoms with van der Waals surface area (Å²) in [6.07, 6.45) is 0.350. The highest BCUT2D eigenvalue weighted by molar-refractivity contribution is 6.33. The van der Waals surface area contributed by atoms with Gasteiger partial charge in [0.2, 0.25) is 0 Å². The van der Waals surface area contributed by atoms with E-state index in [1.807, 2.05) is 13.8 Å². The average molecular weight is 452 g/mol. The van der Waals surface area contributed by atoms with E-state index in [2.05, 4.69) is 5.32 Å². The van der Waals surface area contributed by atoms with Crippen molar-refractivity contribution in [3.8, 4) is 5.75 Å². The lowest BCUT2D eigenvalue weighted by Crippen LogP contribution is -2.45. The van der Waals surface area contributed by atoms with Crippen molar-refractivity contribution in [3.63, 3.8) is 0 Å². The highest BCUT2D eigenvalue weighted by atomic mass is 35.5. The minimum atomic E-state index is -0.921. The molecule has 2 rings (SSSR count). The van der Waals surface area contributed by atoms with E-state index in [-0.39, 0.29) is 16.4 Å². The van der Waals surface area contributed by atoms with E-state index in [0.29, 0.717) is 29.7 Å². The summed E-state index contributed by atoms with van der Waals surface area (Å²) in [6.45, 7) is 12.7. The van der Waals surface area contributed by atoms with Gasteiger partial charge in [-0.05, 0) is 65.0 Å². The van der Waals surface area contributed by atoms with E-state index in [9.17, 15) is 14.4 Å². The Kier molecular flexibility index (Phi) is 7.76. The molecule has 1 amide bonds. The number of hydrogen-bond donors (Lipinski definition) is 1. The summed E-state index contributed by atoms with van der Waals surface area (Å²) >= 11 is 6.33. The van der Waals surface area contributed by atoms with Crippen LogP contribution in [0.15, 0.2) is 21.3 Å². The van der Waals surface area contributed by atoms with Gasteiger partial charge in [0.25, 0.3) is 0 Å². The van der Waals surface area contributed by atoms with Crippen LogP contribution in [0.1, 0.15) is 58.6 Å². The zero-order valence-electron chi connectivity index (χ0n) is 19.1. The Labute approximate surface area is 187 Å². The number of ether oxygens (including phenoxy) is 2. The van der Waals surface area contributed by atoms with E-state index in [1.165, 1.54) is 6.07 Å². The average Bonchev–Trinajstić information content (AvgIpc) is 2.63. The van der Waals surface area contributed by atoms with Gasteiger partial charge in [0, 0.05) is 17.0 Å². The number of esters is 1. The summed E-state index contributed by atoms with van der Waals surface area (Å²) in [5.74, 6) is -0.314. The van der Waals surface area contributed by atoms with E-state index in [0.717, 1.165) is 5.56 Å². The van der Waals surface area contributed by atoms with Crippen molar-refractivity contribution in [1.29, 1.82) is 0 Å². The van der Waals surface area contributed by atoms with Gasteiger partial charge < -0.3 is 19.2 Å². The molecule has 2 aromatic rings. The molecular formula is C23H30ClNO6. The van der Waals surface area contributed by atoms with Gasteiger partial charge >= 0.3 is 17.7 Å². The van der Waals surface area contributed by atoms with Gasteiger partial charge in [0.15, 0.2) is 5.75 Å². The van der Waals surface area contributed by atoms with Crippen LogP contribution in [-0.4, -0.2) is 23.7 Å². The van der Waals surface area contributed by atoms with Crippen LogP contribution < -0.4 is 15.7 Å². The fourth-order valence-corrected chi connectivity index (χ4v) is 3.10. The predicted molar refractivity (Wildman–Crippen MR) is 120 cm³/mol. The number of aryl methyl sites for hydroxylation is 1. The number of benzene rings is 1. The van der Waals surface area contributed by atoms with Crippen molar-refractivity contribution in [2.75, 3.05) is 0 Å². The number of amides is 1. The highest BCUT2D eigenvalue weighted by Gasteiger charge is 2.27. The van der Waals surface area contributed by atoms with Gasteiger partial charge in [-0.25, -0.2) is 14.4 Å². The van der Waals surface area contributed by atoms with Crippen molar-refractivity contribution >= 4 is 34.6 Å². The molecule has 7 nitrogen and oxygen atoms in total. The molecule has 1 N–H and O–H groups in total. The molecule has 1 aromatic carbocycles. The molecule has 8 heteroatoms. The Hall–Kier alpha value is -2.54. The molecule has 1 aromatic heterocycles. The Morgan fingerprint density at radius 2 is 1.77 bits per heavy atom. The van der Waals surface area contributed by atoms with E-state index in [4.69, 9.17) is 25.5 Å². The fraction of sp³-hybridized carbons (Fsp3) is 0.522. The molecule has 0 spiro atoms. The molecule has 0 radical (unpaired) electrons. The molecule has 0 aliphatic rings. The van der Waals surface area contributed by atoms with Crippen molar-refractivity contribution in [2.45, 2.75) is 73.0 Å². The topological polar surface area (TPSA) is 94.8 Å². The third-order valence-electron chi connectivity index (χ3n) is 4.73. The van der Waals surface area contributed by atoms with Crippen LogP contribution in [0.4, 0.5) is 4.79 Å². The number of carbonyl (C=O) groups excluding carboxylic acids is 2. The first-order valence-electron chi connectivity index (χ1n) is 10.2. The monoisotopic (exact) mass is 451 g/mol. The molecule has 0 saturated carbocycles. The highest BCUT2D eigenvalue weighted by Crippen LogP contribution is 2.32. The van der Waals surface area contributed by atoms with Crippen LogP contribution in [0.3, 0.4) is 0 Å². The lowest BCUT2D eigenvalue weighted by molar-refractivity contribution is -0.137. The van der Waals surface area contributed by atoms with Crippen molar-refractivity contribution in [2.24, 2.45) is 5.92 Å². The summed E-state index contributed by atoms with van der Waals surface area (Å²) in [5, 5.41) is 3.43.